The maximum Gasteiger partial charge on any atom is 0.137 e. The molecule has 0 aromatic carbocycles. The highest BCUT2D eigenvalue weighted by atomic mass is 16.1. The summed E-state index contributed by atoms with van der Waals surface area (Å²) in [6.45, 7) is 5.60. The van der Waals surface area contributed by atoms with Crippen LogP contribution in [-0.2, 0) is 4.79 Å². The van der Waals surface area contributed by atoms with Gasteiger partial charge in [0.05, 0.1) is 0 Å². The summed E-state index contributed by atoms with van der Waals surface area (Å²) in [6.07, 6.45) is 7.14. The molecular formula is C15H27NO. The number of ketones is 1. The van der Waals surface area contributed by atoms with Gasteiger partial charge in [-0.25, -0.2) is 0 Å². The molecule has 2 heteroatoms. The van der Waals surface area contributed by atoms with Gasteiger partial charge < -0.3 is 4.90 Å². The number of carbonyl (C=O) groups excluding carboxylic acids is 1. The van der Waals surface area contributed by atoms with E-state index >= 15 is 0 Å². The van der Waals surface area contributed by atoms with Gasteiger partial charge in [0.15, 0.2) is 0 Å². The standard InChI is InChI=1S/C15H27NO/c1-11(2)12-7-8-15(17)13(9-12)10-16(3)14-5-4-6-14/h11-14H,4-10H2,1-3H3. The first-order valence-electron chi connectivity index (χ1n) is 7.31. The molecule has 0 aromatic rings. The van der Waals surface area contributed by atoms with Crippen molar-refractivity contribution >= 4 is 5.78 Å². The van der Waals surface area contributed by atoms with Crippen LogP contribution in [0.1, 0.15) is 52.4 Å². The van der Waals surface area contributed by atoms with Crippen LogP contribution in [0.15, 0.2) is 0 Å². The van der Waals surface area contributed by atoms with E-state index in [1.165, 1.54) is 19.3 Å². The van der Waals surface area contributed by atoms with E-state index in [0.717, 1.165) is 43.7 Å². The molecule has 0 radical (unpaired) electrons. The van der Waals surface area contributed by atoms with Crippen molar-refractivity contribution in [1.82, 2.24) is 4.90 Å². The SMILES string of the molecule is CC(C)C1CCC(=O)C(CN(C)C2CCC2)C1. The van der Waals surface area contributed by atoms with E-state index in [-0.39, 0.29) is 0 Å². The molecule has 0 spiro atoms. The molecule has 0 bridgehead atoms. The minimum Gasteiger partial charge on any atom is -0.303 e. The largest absolute Gasteiger partial charge is 0.303 e. The Kier molecular flexibility index (Phi) is 4.24. The van der Waals surface area contributed by atoms with E-state index < -0.39 is 0 Å². The fraction of sp³-hybridized carbons (Fsp3) is 0.933. The van der Waals surface area contributed by atoms with Crippen molar-refractivity contribution in [2.75, 3.05) is 13.6 Å². The van der Waals surface area contributed by atoms with Crippen molar-refractivity contribution in [1.29, 1.82) is 0 Å². The van der Waals surface area contributed by atoms with Gasteiger partial charge >= 0.3 is 0 Å². The molecule has 2 aliphatic rings. The van der Waals surface area contributed by atoms with E-state index in [0.29, 0.717) is 11.7 Å². The zero-order valence-electron chi connectivity index (χ0n) is 11.6. The molecule has 2 fully saturated rings. The molecule has 0 heterocycles. The van der Waals surface area contributed by atoms with Gasteiger partial charge in [-0.2, -0.15) is 0 Å². The third-order valence-electron chi connectivity index (χ3n) is 4.95. The molecule has 2 nitrogen and oxygen atoms in total. The maximum absolute atomic E-state index is 12.0. The average molecular weight is 237 g/mol. The fourth-order valence-electron chi connectivity index (χ4n) is 3.25. The predicted molar refractivity (Wildman–Crippen MR) is 70.9 cm³/mol. The van der Waals surface area contributed by atoms with Crippen molar-refractivity contribution in [3.8, 4) is 0 Å². The molecule has 0 aromatic heterocycles. The van der Waals surface area contributed by atoms with E-state index in [4.69, 9.17) is 0 Å². The Hall–Kier alpha value is -0.370. The van der Waals surface area contributed by atoms with E-state index in [9.17, 15) is 4.79 Å². The van der Waals surface area contributed by atoms with Gasteiger partial charge in [0, 0.05) is 24.9 Å². The first-order chi connectivity index (χ1) is 8.08. The lowest BCUT2D eigenvalue weighted by Crippen LogP contribution is -2.43. The molecule has 0 amide bonds. The zero-order valence-corrected chi connectivity index (χ0v) is 11.6. The van der Waals surface area contributed by atoms with Gasteiger partial charge in [0.25, 0.3) is 0 Å². The molecule has 2 unspecified atom stereocenters. The van der Waals surface area contributed by atoms with Crippen LogP contribution >= 0.6 is 0 Å². The molecular weight excluding hydrogens is 210 g/mol. The number of Topliss-reactive ketones (excluding diaryl/α,β-unsaturated/α-hetero) is 1. The predicted octanol–water partition coefficient (Wildman–Crippen LogP) is 3.11. The fourth-order valence-corrected chi connectivity index (χ4v) is 3.25. The lowest BCUT2D eigenvalue weighted by Gasteiger charge is -2.39. The summed E-state index contributed by atoms with van der Waals surface area (Å²) in [5, 5.41) is 0. The summed E-state index contributed by atoms with van der Waals surface area (Å²) in [6, 6.07) is 0.766. The normalized spacial score (nSPS) is 31.0. The number of nitrogens with zero attached hydrogens (tertiary/aromatic N) is 1. The second-order valence-electron chi connectivity index (χ2n) is 6.47. The number of carbonyl (C=O) groups is 1. The summed E-state index contributed by atoms with van der Waals surface area (Å²) in [5.41, 5.74) is 0. The topological polar surface area (TPSA) is 20.3 Å². The van der Waals surface area contributed by atoms with Crippen LogP contribution in [0.4, 0.5) is 0 Å². The lowest BCUT2D eigenvalue weighted by atomic mass is 9.75. The lowest BCUT2D eigenvalue weighted by molar-refractivity contribution is -0.127. The van der Waals surface area contributed by atoms with Crippen molar-refractivity contribution in [3.63, 3.8) is 0 Å². The summed E-state index contributed by atoms with van der Waals surface area (Å²) >= 11 is 0. The number of hydrogen-bond donors (Lipinski definition) is 0. The van der Waals surface area contributed by atoms with Crippen LogP contribution in [-0.4, -0.2) is 30.3 Å². The third-order valence-corrected chi connectivity index (χ3v) is 4.95. The Bertz CT molecular complexity index is 270. The minimum absolute atomic E-state index is 0.321. The molecule has 0 aliphatic heterocycles. The van der Waals surface area contributed by atoms with E-state index in [2.05, 4.69) is 25.8 Å². The molecule has 17 heavy (non-hydrogen) atoms. The number of hydrogen-bond acceptors (Lipinski definition) is 2. The number of rotatable bonds is 4. The van der Waals surface area contributed by atoms with E-state index in [1.54, 1.807) is 0 Å². The van der Waals surface area contributed by atoms with Gasteiger partial charge in [0.1, 0.15) is 5.78 Å². The maximum atomic E-state index is 12.0. The third kappa shape index (κ3) is 3.09. The first kappa shape index (κ1) is 13.1. The Morgan fingerprint density at radius 1 is 1.29 bits per heavy atom. The molecule has 0 saturated heterocycles. The van der Waals surface area contributed by atoms with E-state index in [1.807, 2.05) is 0 Å². The Morgan fingerprint density at radius 2 is 2.00 bits per heavy atom. The Balaban J connectivity index is 1.86. The van der Waals surface area contributed by atoms with Crippen LogP contribution < -0.4 is 0 Å². The second kappa shape index (κ2) is 5.51. The summed E-state index contributed by atoms with van der Waals surface area (Å²) in [4.78, 5) is 14.4. The second-order valence-corrected chi connectivity index (χ2v) is 6.47. The van der Waals surface area contributed by atoms with Crippen molar-refractivity contribution in [2.24, 2.45) is 17.8 Å². The van der Waals surface area contributed by atoms with Crippen LogP contribution in [0.5, 0.6) is 0 Å². The van der Waals surface area contributed by atoms with Crippen LogP contribution in [0, 0.1) is 17.8 Å². The first-order valence-corrected chi connectivity index (χ1v) is 7.31. The Labute approximate surface area is 106 Å². The van der Waals surface area contributed by atoms with Gasteiger partial charge in [-0.15, -0.1) is 0 Å². The van der Waals surface area contributed by atoms with Crippen molar-refractivity contribution in [3.05, 3.63) is 0 Å². The molecule has 2 aliphatic carbocycles. The molecule has 98 valence electrons. The van der Waals surface area contributed by atoms with Gasteiger partial charge in [0.2, 0.25) is 0 Å². The van der Waals surface area contributed by atoms with Crippen molar-refractivity contribution in [2.45, 2.75) is 58.4 Å². The summed E-state index contributed by atoms with van der Waals surface area (Å²) in [7, 11) is 2.20. The van der Waals surface area contributed by atoms with Crippen LogP contribution in [0.3, 0.4) is 0 Å². The highest BCUT2D eigenvalue weighted by Gasteiger charge is 2.32. The molecule has 2 atom stereocenters. The zero-order chi connectivity index (χ0) is 12.4. The smallest absolute Gasteiger partial charge is 0.137 e. The minimum atomic E-state index is 0.321. The Morgan fingerprint density at radius 3 is 2.53 bits per heavy atom. The van der Waals surface area contributed by atoms with Crippen LogP contribution in [0.2, 0.25) is 0 Å². The molecule has 0 N–H and O–H groups in total. The van der Waals surface area contributed by atoms with Gasteiger partial charge in [-0.3, -0.25) is 4.79 Å². The van der Waals surface area contributed by atoms with Crippen molar-refractivity contribution < 1.29 is 4.79 Å². The summed E-state index contributed by atoms with van der Waals surface area (Å²) in [5.74, 6) is 2.35. The average Bonchev–Trinajstić information content (AvgIpc) is 2.18. The van der Waals surface area contributed by atoms with Crippen LogP contribution in [0.25, 0.3) is 0 Å². The quantitative estimate of drug-likeness (QED) is 0.749. The highest BCUT2D eigenvalue weighted by Crippen LogP contribution is 2.33. The monoisotopic (exact) mass is 237 g/mol. The van der Waals surface area contributed by atoms with Gasteiger partial charge in [-0.1, -0.05) is 20.3 Å². The highest BCUT2D eigenvalue weighted by molar-refractivity contribution is 5.82. The summed E-state index contributed by atoms with van der Waals surface area (Å²) < 4.78 is 0. The van der Waals surface area contributed by atoms with Gasteiger partial charge in [-0.05, 0) is 44.6 Å². The molecule has 2 rings (SSSR count). The molecule has 2 saturated carbocycles.